The number of hydrogen-bond acceptors (Lipinski definition) is 4. The maximum absolute atomic E-state index is 12.6. The Hall–Kier alpha value is -2.99. The van der Waals surface area contributed by atoms with Crippen LogP contribution in [0.25, 0.3) is 10.9 Å². The second-order valence-corrected chi connectivity index (χ2v) is 5.97. The average molecular weight is 356 g/mol. The van der Waals surface area contributed by atoms with Crippen LogP contribution >= 0.6 is 11.6 Å². The molecule has 0 bridgehead atoms. The number of aromatic nitrogens is 2. The fourth-order valence-corrected chi connectivity index (χ4v) is 2.63. The lowest BCUT2D eigenvalue weighted by molar-refractivity contribution is 0.0949. The molecule has 1 amide bonds. The minimum Gasteiger partial charge on any atom is -0.348 e. The van der Waals surface area contributed by atoms with Gasteiger partial charge in [-0.2, -0.15) is 0 Å². The van der Waals surface area contributed by atoms with Crippen LogP contribution in [0.4, 0.5) is 0 Å². The predicted octanol–water partition coefficient (Wildman–Crippen LogP) is 2.33. The van der Waals surface area contributed by atoms with E-state index in [1.165, 1.54) is 18.5 Å². The van der Waals surface area contributed by atoms with Crippen LogP contribution in [0.3, 0.4) is 0 Å². The number of nitrogens with one attached hydrogen (secondary N) is 1. The molecule has 1 aromatic carbocycles. The summed E-state index contributed by atoms with van der Waals surface area (Å²) in [7, 11) is 1.71. The van der Waals surface area contributed by atoms with E-state index in [4.69, 9.17) is 11.6 Å². The van der Waals surface area contributed by atoms with Gasteiger partial charge in [-0.1, -0.05) is 23.7 Å². The summed E-state index contributed by atoms with van der Waals surface area (Å²) in [5.74, 6) is -0.484. The molecule has 0 aliphatic rings. The molecule has 126 valence electrons. The first-order valence-electron chi connectivity index (χ1n) is 7.47. The van der Waals surface area contributed by atoms with Crippen LogP contribution in [0, 0.1) is 0 Å². The Morgan fingerprint density at radius 3 is 2.72 bits per heavy atom. The molecule has 1 N–H and O–H groups in total. The topological polar surface area (TPSA) is 81.1 Å². The highest BCUT2D eigenvalue weighted by molar-refractivity contribution is 6.30. The summed E-state index contributed by atoms with van der Waals surface area (Å²) >= 11 is 5.83. The van der Waals surface area contributed by atoms with Crippen LogP contribution in [0.5, 0.6) is 0 Å². The molecule has 7 heteroatoms. The number of nitrogens with zero attached hydrogens (tertiary/aromatic N) is 2. The number of halogens is 1. The van der Waals surface area contributed by atoms with E-state index in [1.54, 1.807) is 35.9 Å². The molecule has 2 aromatic heterocycles. The number of aldehydes is 1. The highest BCUT2D eigenvalue weighted by Crippen LogP contribution is 2.12. The SMILES string of the molecule is Cn1cc(C(=O)NCc2ccc(Cl)cc2)c(=O)c2cc(C=O)ncc21. The van der Waals surface area contributed by atoms with Gasteiger partial charge in [0.05, 0.1) is 17.1 Å². The summed E-state index contributed by atoms with van der Waals surface area (Å²) in [6.45, 7) is 0.271. The zero-order valence-corrected chi connectivity index (χ0v) is 14.1. The molecule has 0 atom stereocenters. The van der Waals surface area contributed by atoms with Crippen molar-refractivity contribution in [3.63, 3.8) is 0 Å². The summed E-state index contributed by atoms with van der Waals surface area (Å²) in [5.41, 5.74) is 1.12. The van der Waals surface area contributed by atoms with Gasteiger partial charge in [0.2, 0.25) is 5.43 Å². The number of pyridine rings is 2. The highest BCUT2D eigenvalue weighted by atomic mass is 35.5. The summed E-state index contributed by atoms with van der Waals surface area (Å²) in [4.78, 5) is 39.9. The Morgan fingerprint density at radius 1 is 1.32 bits per heavy atom. The van der Waals surface area contributed by atoms with E-state index in [0.717, 1.165) is 5.56 Å². The average Bonchev–Trinajstić information content (AvgIpc) is 2.63. The van der Waals surface area contributed by atoms with Crippen molar-refractivity contribution >= 4 is 34.7 Å². The van der Waals surface area contributed by atoms with E-state index in [-0.39, 0.29) is 23.2 Å². The van der Waals surface area contributed by atoms with E-state index in [2.05, 4.69) is 10.3 Å². The molecule has 0 fully saturated rings. The molecule has 0 spiro atoms. The molecule has 0 saturated heterocycles. The number of carbonyl (C=O) groups is 2. The number of fused-ring (bicyclic) bond motifs is 1. The number of benzene rings is 1. The van der Waals surface area contributed by atoms with Crippen LogP contribution < -0.4 is 10.7 Å². The molecule has 0 aliphatic heterocycles. The molecule has 25 heavy (non-hydrogen) atoms. The molecule has 3 aromatic rings. The van der Waals surface area contributed by atoms with Gasteiger partial charge in [-0.3, -0.25) is 19.4 Å². The van der Waals surface area contributed by atoms with Crippen LogP contribution in [0.1, 0.15) is 26.4 Å². The summed E-state index contributed by atoms with van der Waals surface area (Å²) in [5, 5.41) is 3.60. The molecule has 0 unspecified atom stereocenters. The number of carbonyl (C=O) groups excluding carboxylic acids is 2. The maximum atomic E-state index is 12.6. The van der Waals surface area contributed by atoms with Gasteiger partial charge in [0, 0.05) is 24.8 Å². The van der Waals surface area contributed by atoms with Crippen LogP contribution in [0.15, 0.2) is 47.5 Å². The summed E-state index contributed by atoms with van der Waals surface area (Å²) in [6, 6.07) is 8.44. The second-order valence-electron chi connectivity index (χ2n) is 5.54. The number of hydrogen-bond donors (Lipinski definition) is 1. The van der Waals surface area contributed by atoms with Gasteiger partial charge in [-0.25, -0.2) is 0 Å². The van der Waals surface area contributed by atoms with Crippen LogP contribution in [-0.2, 0) is 13.6 Å². The standard InChI is InChI=1S/C18H14ClN3O3/c1-22-9-15(17(24)14-6-13(10-23)20-8-16(14)22)18(25)21-7-11-2-4-12(19)5-3-11/h2-6,8-10H,7H2,1H3,(H,21,25). The van der Waals surface area contributed by atoms with Crippen LogP contribution in [0.2, 0.25) is 5.02 Å². The van der Waals surface area contributed by atoms with Crippen LogP contribution in [-0.4, -0.2) is 21.7 Å². The fraction of sp³-hybridized carbons (Fsp3) is 0.111. The van der Waals surface area contributed by atoms with Gasteiger partial charge in [0.15, 0.2) is 6.29 Å². The van der Waals surface area contributed by atoms with E-state index in [9.17, 15) is 14.4 Å². The Morgan fingerprint density at radius 2 is 2.04 bits per heavy atom. The molecular formula is C18H14ClN3O3. The van der Waals surface area contributed by atoms with E-state index >= 15 is 0 Å². The smallest absolute Gasteiger partial charge is 0.257 e. The number of aryl methyl sites for hydroxylation is 1. The van der Waals surface area contributed by atoms with Crippen molar-refractivity contribution in [3.05, 3.63) is 74.8 Å². The van der Waals surface area contributed by atoms with E-state index in [1.807, 2.05) is 0 Å². The third kappa shape index (κ3) is 3.44. The van der Waals surface area contributed by atoms with E-state index < -0.39 is 11.3 Å². The highest BCUT2D eigenvalue weighted by Gasteiger charge is 2.15. The molecule has 0 radical (unpaired) electrons. The lowest BCUT2D eigenvalue weighted by Gasteiger charge is -2.10. The van der Waals surface area contributed by atoms with Crippen molar-refractivity contribution < 1.29 is 9.59 Å². The minimum atomic E-state index is -0.484. The Bertz CT molecular complexity index is 1030. The molecule has 6 nitrogen and oxygen atoms in total. The number of amides is 1. The largest absolute Gasteiger partial charge is 0.348 e. The molecule has 0 aliphatic carbocycles. The Kier molecular flexibility index (Phi) is 4.63. The van der Waals surface area contributed by atoms with Crippen molar-refractivity contribution in [2.75, 3.05) is 0 Å². The third-order valence-electron chi connectivity index (χ3n) is 3.83. The summed E-state index contributed by atoms with van der Waals surface area (Å²) in [6.07, 6.45) is 3.46. The quantitative estimate of drug-likeness (QED) is 0.728. The normalized spacial score (nSPS) is 10.6. The van der Waals surface area contributed by atoms with Gasteiger partial charge in [0.1, 0.15) is 11.3 Å². The first-order chi connectivity index (χ1) is 12.0. The zero-order chi connectivity index (χ0) is 18.0. The van der Waals surface area contributed by atoms with Crippen molar-refractivity contribution in [2.24, 2.45) is 7.05 Å². The van der Waals surface area contributed by atoms with E-state index in [0.29, 0.717) is 16.8 Å². The molecule has 2 heterocycles. The number of rotatable bonds is 4. The summed E-state index contributed by atoms with van der Waals surface area (Å²) < 4.78 is 1.63. The third-order valence-corrected chi connectivity index (χ3v) is 4.08. The monoisotopic (exact) mass is 355 g/mol. The fourth-order valence-electron chi connectivity index (χ4n) is 2.50. The van der Waals surface area contributed by atoms with Crippen molar-refractivity contribution in [2.45, 2.75) is 6.54 Å². The van der Waals surface area contributed by atoms with Gasteiger partial charge in [0.25, 0.3) is 5.91 Å². The maximum Gasteiger partial charge on any atom is 0.257 e. The zero-order valence-electron chi connectivity index (χ0n) is 13.3. The first-order valence-corrected chi connectivity index (χ1v) is 7.84. The lowest BCUT2D eigenvalue weighted by atomic mass is 10.1. The lowest BCUT2D eigenvalue weighted by Crippen LogP contribution is -2.29. The van der Waals surface area contributed by atoms with Gasteiger partial charge >= 0.3 is 0 Å². The molecule has 3 rings (SSSR count). The Labute approximate surface area is 148 Å². The second kappa shape index (κ2) is 6.86. The molecular weight excluding hydrogens is 342 g/mol. The van der Waals surface area contributed by atoms with Gasteiger partial charge in [-0.15, -0.1) is 0 Å². The van der Waals surface area contributed by atoms with Crippen molar-refractivity contribution in [1.82, 2.24) is 14.9 Å². The molecule has 0 saturated carbocycles. The Balaban J connectivity index is 1.93. The van der Waals surface area contributed by atoms with Gasteiger partial charge < -0.3 is 9.88 Å². The van der Waals surface area contributed by atoms with Crippen molar-refractivity contribution in [3.8, 4) is 0 Å². The minimum absolute atomic E-state index is 0.00649. The predicted molar refractivity (Wildman–Crippen MR) is 95.0 cm³/mol. The van der Waals surface area contributed by atoms with Crippen molar-refractivity contribution in [1.29, 1.82) is 0 Å². The first kappa shape index (κ1) is 16.9. The van der Waals surface area contributed by atoms with Gasteiger partial charge in [-0.05, 0) is 23.8 Å².